The molecule has 0 N–H and O–H groups in total. The third-order valence-corrected chi connectivity index (χ3v) is 2.57. The summed E-state index contributed by atoms with van der Waals surface area (Å²) in [5, 5.41) is 0. The van der Waals surface area contributed by atoms with Gasteiger partial charge in [-0.15, -0.1) is 0 Å². The second-order valence-corrected chi connectivity index (χ2v) is 3.61. The molecule has 0 bridgehead atoms. The van der Waals surface area contributed by atoms with Gasteiger partial charge in [-0.05, 0) is 25.3 Å². The zero-order valence-electron chi connectivity index (χ0n) is 7.82. The molecular formula is C11H16O2. The van der Waals surface area contributed by atoms with E-state index in [1.54, 1.807) is 0 Å². The highest BCUT2D eigenvalue weighted by molar-refractivity contribution is 4.91. The minimum absolute atomic E-state index is 0.412. The fourth-order valence-corrected chi connectivity index (χ4v) is 1.76. The molecule has 0 aliphatic carbocycles. The Bertz CT molecular complexity index is 200. The van der Waals surface area contributed by atoms with E-state index >= 15 is 0 Å². The molecule has 0 spiro atoms. The molecule has 2 heteroatoms. The van der Waals surface area contributed by atoms with Gasteiger partial charge < -0.3 is 9.47 Å². The first-order valence-corrected chi connectivity index (χ1v) is 5.02. The molecule has 0 aromatic heterocycles. The first-order chi connectivity index (χ1) is 6.45. The molecule has 2 atom stereocenters. The second-order valence-electron chi connectivity index (χ2n) is 3.61. The fourth-order valence-electron chi connectivity index (χ4n) is 1.76. The van der Waals surface area contributed by atoms with Gasteiger partial charge in [-0.2, -0.15) is 0 Å². The van der Waals surface area contributed by atoms with E-state index in [4.69, 9.17) is 9.47 Å². The van der Waals surface area contributed by atoms with Crippen molar-refractivity contribution in [1.29, 1.82) is 0 Å². The van der Waals surface area contributed by atoms with Crippen LogP contribution in [0.15, 0.2) is 24.5 Å². The van der Waals surface area contributed by atoms with Gasteiger partial charge in [-0.25, -0.2) is 0 Å². The van der Waals surface area contributed by atoms with Crippen LogP contribution in [0.5, 0.6) is 0 Å². The van der Waals surface area contributed by atoms with E-state index in [0.717, 1.165) is 32.3 Å². The van der Waals surface area contributed by atoms with Crippen LogP contribution >= 0.6 is 0 Å². The highest BCUT2D eigenvalue weighted by atomic mass is 16.5. The maximum absolute atomic E-state index is 5.57. The molecule has 13 heavy (non-hydrogen) atoms. The Morgan fingerprint density at radius 2 is 1.85 bits per heavy atom. The molecule has 2 aliphatic heterocycles. The predicted octanol–water partition coefficient (Wildman–Crippen LogP) is 2.41. The van der Waals surface area contributed by atoms with Crippen molar-refractivity contribution in [3.05, 3.63) is 24.5 Å². The monoisotopic (exact) mass is 180 g/mol. The van der Waals surface area contributed by atoms with Crippen LogP contribution < -0.4 is 0 Å². The zero-order chi connectivity index (χ0) is 8.93. The molecule has 0 fully saturated rings. The Balaban J connectivity index is 1.64. The Hall–Kier alpha value is -0.760. The molecule has 2 rings (SSSR count). The summed E-state index contributed by atoms with van der Waals surface area (Å²) in [6.07, 6.45) is 13.4. The topological polar surface area (TPSA) is 18.5 Å². The minimum atomic E-state index is 0.412. The summed E-state index contributed by atoms with van der Waals surface area (Å²) in [7, 11) is 0. The molecule has 0 amide bonds. The summed E-state index contributed by atoms with van der Waals surface area (Å²) in [5.74, 6) is 0. The highest BCUT2D eigenvalue weighted by Crippen LogP contribution is 2.19. The average Bonchev–Trinajstić information content (AvgIpc) is 2.69. The van der Waals surface area contributed by atoms with Crippen LogP contribution in [0.1, 0.15) is 25.7 Å². The third-order valence-electron chi connectivity index (χ3n) is 2.57. The lowest BCUT2D eigenvalue weighted by Crippen LogP contribution is -2.18. The molecule has 2 aliphatic rings. The Morgan fingerprint density at radius 1 is 1.00 bits per heavy atom. The van der Waals surface area contributed by atoms with E-state index in [-0.39, 0.29) is 0 Å². The van der Waals surface area contributed by atoms with Gasteiger partial charge in [0.05, 0.1) is 19.0 Å². The van der Waals surface area contributed by atoms with Crippen molar-refractivity contribution in [3.8, 4) is 0 Å². The van der Waals surface area contributed by atoms with Crippen LogP contribution in [0.4, 0.5) is 0 Å². The third kappa shape index (κ3) is 2.59. The van der Waals surface area contributed by atoms with Gasteiger partial charge in [-0.3, -0.25) is 0 Å². The molecule has 0 saturated heterocycles. The van der Waals surface area contributed by atoms with E-state index in [1.165, 1.54) is 0 Å². The molecule has 0 aromatic carbocycles. The first-order valence-electron chi connectivity index (χ1n) is 5.02. The smallest absolute Gasteiger partial charge is 0.101 e. The molecule has 0 saturated carbocycles. The Labute approximate surface area is 79.2 Å². The standard InChI is InChI=1S/C11H16O2/c1-2-8-12-10(4-1)6-7-11-5-3-9-13-11/h1-3,9-11H,4-8H2/t10-,11-/m1/s1. The number of ether oxygens (including phenoxy) is 2. The molecule has 0 unspecified atom stereocenters. The summed E-state index contributed by atoms with van der Waals surface area (Å²) in [4.78, 5) is 0. The van der Waals surface area contributed by atoms with Crippen LogP contribution in [0.25, 0.3) is 0 Å². The maximum Gasteiger partial charge on any atom is 0.101 e. The summed E-state index contributed by atoms with van der Waals surface area (Å²) in [6.45, 7) is 0.786. The molecule has 0 radical (unpaired) electrons. The molecule has 72 valence electrons. The Kier molecular flexibility index (Phi) is 3.03. The van der Waals surface area contributed by atoms with E-state index in [2.05, 4.69) is 18.2 Å². The molecule has 2 nitrogen and oxygen atoms in total. The lowest BCUT2D eigenvalue weighted by molar-refractivity contribution is 0.0473. The van der Waals surface area contributed by atoms with Gasteiger partial charge in [0, 0.05) is 6.42 Å². The SMILES string of the molecule is C1=CC[C@H](CC[C@H]2CC=CO2)OC1. The van der Waals surface area contributed by atoms with Crippen LogP contribution in [0.3, 0.4) is 0 Å². The summed E-state index contributed by atoms with van der Waals surface area (Å²) in [6, 6.07) is 0. The Morgan fingerprint density at radius 3 is 2.54 bits per heavy atom. The van der Waals surface area contributed by atoms with Crippen molar-refractivity contribution in [1.82, 2.24) is 0 Å². The summed E-state index contributed by atoms with van der Waals surface area (Å²) >= 11 is 0. The lowest BCUT2D eigenvalue weighted by Gasteiger charge is -2.20. The average molecular weight is 180 g/mol. The van der Waals surface area contributed by atoms with Gasteiger partial charge in [-0.1, -0.05) is 12.2 Å². The van der Waals surface area contributed by atoms with E-state index in [9.17, 15) is 0 Å². The van der Waals surface area contributed by atoms with Crippen molar-refractivity contribution < 1.29 is 9.47 Å². The van der Waals surface area contributed by atoms with Crippen molar-refractivity contribution in [2.45, 2.75) is 37.9 Å². The number of hydrogen-bond acceptors (Lipinski definition) is 2. The van der Waals surface area contributed by atoms with Gasteiger partial charge >= 0.3 is 0 Å². The fraction of sp³-hybridized carbons (Fsp3) is 0.636. The molecule has 0 aromatic rings. The van der Waals surface area contributed by atoms with Gasteiger partial charge in [0.2, 0.25) is 0 Å². The van der Waals surface area contributed by atoms with Crippen LogP contribution in [-0.2, 0) is 9.47 Å². The predicted molar refractivity (Wildman–Crippen MR) is 51.4 cm³/mol. The second kappa shape index (κ2) is 4.47. The minimum Gasteiger partial charge on any atom is -0.498 e. The van der Waals surface area contributed by atoms with Gasteiger partial charge in [0.25, 0.3) is 0 Å². The van der Waals surface area contributed by atoms with E-state index < -0.39 is 0 Å². The van der Waals surface area contributed by atoms with Crippen molar-refractivity contribution >= 4 is 0 Å². The maximum atomic E-state index is 5.57. The number of hydrogen-bond donors (Lipinski definition) is 0. The van der Waals surface area contributed by atoms with Crippen LogP contribution in [0, 0.1) is 0 Å². The summed E-state index contributed by atoms with van der Waals surface area (Å²) < 4.78 is 11.0. The molecular weight excluding hydrogens is 164 g/mol. The van der Waals surface area contributed by atoms with Crippen molar-refractivity contribution in [2.75, 3.05) is 6.61 Å². The van der Waals surface area contributed by atoms with Crippen molar-refractivity contribution in [2.24, 2.45) is 0 Å². The van der Waals surface area contributed by atoms with Crippen molar-refractivity contribution in [3.63, 3.8) is 0 Å². The highest BCUT2D eigenvalue weighted by Gasteiger charge is 2.16. The normalized spacial score (nSPS) is 32.0. The van der Waals surface area contributed by atoms with E-state index in [1.807, 2.05) is 6.26 Å². The zero-order valence-corrected chi connectivity index (χ0v) is 7.82. The number of rotatable bonds is 3. The molecule has 2 heterocycles. The summed E-state index contributed by atoms with van der Waals surface area (Å²) in [5.41, 5.74) is 0. The van der Waals surface area contributed by atoms with Crippen LogP contribution in [-0.4, -0.2) is 18.8 Å². The van der Waals surface area contributed by atoms with Gasteiger partial charge in [0.1, 0.15) is 6.10 Å². The first kappa shape index (κ1) is 8.82. The quantitative estimate of drug-likeness (QED) is 0.621. The lowest BCUT2D eigenvalue weighted by atomic mass is 10.0. The van der Waals surface area contributed by atoms with Gasteiger partial charge in [0.15, 0.2) is 0 Å². The largest absolute Gasteiger partial charge is 0.498 e. The van der Waals surface area contributed by atoms with Crippen LogP contribution in [0.2, 0.25) is 0 Å². The van der Waals surface area contributed by atoms with E-state index in [0.29, 0.717) is 12.2 Å².